The van der Waals surface area contributed by atoms with E-state index in [0.717, 1.165) is 25.5 Å². The molecule has 1 aromatic rings. The summed E-state index contributed by atoms with van der Waals surface area (Å²) >= 11 is 0. The second kappa shape index (κ2) is 10.5. The molecule has 0 spiro atoms. The summed E-state index contributed by atoms with van der Waals surface area (Å²) in [6.45, 7) is 5.36. The topological polar surface area (TPSA) is 84.9 Å². The van der Waals surface area contributed by atoms with Crippen LogP contribution in [0.25, 0.3) is 0 Å². The number of fused-ring (bicyclic) bond motifs is 1. The lowest BCUT2D eigenvalue weighted by molar-refractivity contribution is -0.121. The van der Waals surface area contributed by atoms with Crippen LogP contribution in [-0.2, 0) is 14.8 Å². The van der Waals surface area contributed by atoms with Gasteiger partial charge in [-0.3, -0.25) is 9.10 Å². The van der Waals surface area contributed by atoms with Crippen LogP contribution in [0.3, 0.4) is 0 Å². The summed E-state index contributed by atoms with van der Waals surface area (Å²) in [6, 6.07) is 5.04. The molecule has 8 heteroatoms. The van der Waals surface area contributed by atoms with Crippen molar-refractivity contribution in [1.29, 1.82) is 0 Å². The summed E-state index contributed by atoms with van der Waals surface area (Å²) < 4.78 is 36.3. The van der Waals surface area contributed by atoms with Crippen LogP contribution < -0.4 is 19.1 Å². The van der Waals surface area contributed by atoms with Crippen LogP contribution in [0.4, 0.5) is 5.69 Å². The first-order valence-corrected chi connectivity index (χ1v) is 11.8. The van der Waals surface area contributed by atoms with Crippen molar-refractivity contribution in [2.45, 2.75) is 52.4 Å². The van der Waals surface area contributed by atoms with E-state index in [2.05, 4.69) is 19.2 Å². The number of hydrogen-bond donors (Lipinski definition) is 1. The van der Waals surface area contributed by atoms with Crippen molar-refractivity contribution in [3.05, 3.63) is 18.2 Å². The van der Waals surface area contributed by atoms with Gasteiger partial charge in [-0.2, -0.15) is 0 Å². The van der Waals surface area contributed by atoms with E-state index < -0.39 is 10.0 Å². The first kappa shape index (κ1) is 22.3. The molecule has 0 radical (unpaired) electrons. The molecule has 1 amide bonds. The maximum absolute atomic E-state index is 12.2. The highest BCUT2D eigenvalue weighted by atomic mass is 32.2. The van der Waals surface area contributed by atoms with Crippen LogP contribution in [-0.4, -0.2) is 40.5 Å². The van der Waals surface area contributed by atoms with E-state index >= 15 is 0 Å². The molecule has 28 heavy (non-hydrogen) atoms. The quantitative estimate of drug-likeness (QED) is 0.569. The predicted octanol–water partition coefficient (Wildman–Crippen LogP) is 3.29. The third-order valence-electron chi connectivity index (χ3n) is 4.94. The Labute approximate surface area is 168 Å². The predicted molar refractivity (Wildman–Crippen MR) is 110 cm³/mol. The molecule has 1 N–H and O–H groups in total. The molecule has 0 aliphatic carbocycles. The SMILES string of the molecule is CCCC[C@H](CC)CNC(=O)CCCN(c1ccc2c(c1)OCO2)S(C)(=O)=O. The molecule has 1 heterocycles. The number of carbonyl (C=O) groups is 1. The Morgan fingerprint density at radius 3 is 2.64 bits per heavy atom. The number of sulfonamides is 1. The number of carbonyl (C=O) groups excluding carboxylic acids is 1. The third kappa shape index (κ3) is 6.58. The average molecular weight is 413 g/mol. The number of nitrogens with one attached hydrogen (secondary N) is 1. The minimum absolute atomic E-state index is 0.0333. The summed E-state index contributed by atoms with van der Waals surface area (Å²) in [5, 5.41) is 2.99. The van der Waals surface area contributed by atoms with Gasteiger partial charge in [0.25, 0.3) is 0 Å². The van der Waals surface area contributed by atoms with Crippen LogP contribution in [0.5, 0.6) is 11.5 Å². The van der Waals surface area contributed by atoms with Crippen molar-refractivity contribution in [1.82, 2.24) is 5.32 Å². The summed E-state index contributed by atoms with van der Waals surface area (Å²) in [5.74, 6) is 1.60. The molecule has 1 aliphatic rings. The number of ether oxygens (including phenoxy) is 2. The van der Waals surface area contributed by atoms with Gasteiger partial charge in [0.2, 0.25) is 22.7 Å². The molecule has 0 fully saturated rings. The number of hydrogen-bond acceptors (Lipinski definition) is 5. The third-order valence-corrected chi connectivity index (χ3v) is 6.13. The second-order valence-electron chi connectivity index (χ2n) is 7.20. The van der Waals surface area contributed by atoms with Gasteiger partial charge in [-0.1, -0.05) is 33.1 Å². The largest absolute Gasteiger partial charge is 0.454 e. The van der Waals surface area contributed by atoms with E-state index in [-0.39, 0.29) is 19.2 Å². The number of anilines is 1. The van der Waals surface area contributed by atoms with Crippen LogP contribution >= 0.6 is 0 Å². The molecular formula is C20H32N2O5S. The smallest absolute Gasteiger partial charge is 0.232 e. The Morgan fingerprint density at radius 1 is 1.21 bits per heavy atom. The van der Waals surface area contributed by atoms with E-state index in [1.54, 1.807) is 18.2 Å². The van der Waals surface area contributed by atoms with Crippen LogP contribution in [0.1, 0.15) is 52.4 Å². The monoisotopic (exact) mass is 412 g/mol. The van der Waals surface area contributed by atoms with Crippen LogP contribution in [0.2, 0.25) is 0 Å². The lowest BCUT2D eigenvalue weighted by Gasteiger charge is -2.22. The zero-order valence-electron chi connectivity index (χ0n) is 17.1. The van der Waals surface area contributed by atoms with Gasteiger partial charge in [-0.05, 0) is 30.9 Å². The zero-order valence-corrected chi connectivity index (χ0v) is 17.9. The summed E-state index contributed by atoms with van der Waals surface area (Å²) in [5.41, 5.74) is 0.512. The minimum Gasteiger partial charge on any atom is -0.454 e. The summed E-state index contributed by atoms with van der Waals surface area (Å²) in [7, 11) is -3.47. The molecule has 0 bridgehead atoms. The van der Waals surface area contributed by atoms with Crippen LogP contribution in [0.15, 0.2) is 18.2 Å². The fourth-order valence-electron chi connectivity index (χ4n) is 3.20. The zero-order chi connectivity index (χ0) is 20.6. The van der Waals surface area contributed by atoms with Gasteiger partial charge >= 0.3 is 0 Å². The first-order chi connectivity index (χ1) is 13.3. The number of amides is 1. The molecule has 1 aliphatic heterocycles. The summed E-state index contributed by atoms with van der Waals surface area (Å²) in [4.78, 5) is 12.1. The summed E-state index contributed by atoms with van der Waals surface area (Å²) in [6.07, 6.45) is 6.40. The highest BCUT2D eigenvalue weighted by Gasteiger charge is 2.21. The van der Waals surface area contributed by atoms with Crippen molar-refractivity contribution in [2.24, 2.45) is 5.92 Å². The van der Waals surface area contributed by atoms with Crippen molar-refractivity contribution < 1.29 is 22.7 Å². The van der Waals surface area contributed by atoms with Crippen molar-refractivity contribution in [3.8, 4) is 11.5 Å². The molecule has 1 atom stereocenters. The maximum atomic E-state index is 12.2. The fourth-order valence-corrected chi connectivity index (χ4v) is 4.16. The number of unbranched alkanes of at least 4 members (excludes halogenated alkanes) is 1. The normalized spacial score (nSPS) is 14.0. The Morgan fingerprint density at radius 2 is 1.96 bits per heavy atom. The highest BCUT2D eigenvalue weighted by molar-refractivity contribution is 7.92. The Balaban J connectivity index is 1.86. The Kier molecular flexibility index (Phi) is 8.41. The van der Waals surface area contributed by atoms with E-state index in [1.165, 1.54) is 10.7 Å². The number of rotatable bonds is 12. The van der Waals surface area contributed by atoms with E-state index in [0.29, 0.717) is 42.5 Å². The molecule has 0 unspecified atom stereocenters. The van der Waals surface area contributed by atoms with Crippen molar-refractivity contribution >= 4 is 21.6 Å². The molecule has 2 rings (SSSR count). The molecule has 0 aromatic heterocycles. The van der Waals surface area contributed by atoms with E-state index in [9.17, 15) is 13.2 Å². The van der Waals surface area contributed by atoms with Gasteiger partial charge in [-0.15, -0.1) is 0 Å². The van der Waals surface area contributed by atoms with Gasteiger partial charge in [0.15, 0.2) is 11.5 Å². The van der Waals surface area contributed by atoms with Gasteiger partial charge in [0.05, 0.1) is 11.9 Å². The Bertz CT molecular complexity index is 751. The molecule has 7 nitrogen and oxygen atoms in total. The van der Waals surface area contributed by atoms with Gasteiger partial charge in [0.1, 0.15) is 0 Å². The van der Waals surface area contributed by atoms with Gasteiger partial charge < -0.3 is 14.8 Å². The molecule has 0 saturated heterocycles. The van der Waals surface area contributed by atoms with E-state index in [4.69, 9.17) is 9.47 Å². The fraction of sp³-hybridized carbons (Fsp3) is 0.650. The van der Waals surface area contributed by atoms with Gasteiger partial charge in [0, 0.05) is 25.6 Å². The number of benzene rings is 1. The van der Waals surface area contributed by atoms with Crippen molar-refractivity contribution in [3.63, 3.8) is 0 Å². The first-order valence-electron chi connectivity index (χ1n) is 9.99. The maximum Gasteiger partial charge on any atom is 0.232 e. The average Bonchev–Trinajstić information content (AvgIpc) is 3.12. The highest BCUT2D eigenvalue weighted by Crippen LogP contribution is 2.36. The minimum atomic E-state index is -3.47. The standard InChI is InChI=1S/C20H32N2O5S/c1-4-6-8-16(5-2)14-21-20(23)9-7-12-22(28(3,24)25)17-10-11-18-19(13-17)27-15-26-18/h10-11,13,16H,4-9,12,14-15H2,1-3H3,(H,21,23)/t16-/m0/s1. The molecule has 0 saturated carbocycles. The van der Waals surface area contributed by atoms with Crippen molar-refractivity contribution in [2.75, 3.05) is 30.4 Å². The lowest BCUT2D eigenvalue weighted by Crippen LogP contribution is -2.33. The molecule has 158 valence electrons. The second-order valence-corrected chi connectivity index (χ2v) is 9.10. The molecule has 1 aromatic carbocycles. The van der Waals surface area contributed by atoms with Crippen LogP contribution in [0, 0.1) is 5.92 Å². The Hall–Kier alpha value is -1.96. The van der Waals surface area contributed by atoms with Gasteiger partial charge in [-0.25, -0.2) is 8.42 Å². The molecular weight excluding hydrogens is 380 g/mol. The lowest BCUT2D eigenvalue weighted by atomic mass is 9.99. The van der Waals surface area contributed by atoms with E-state index in [1.807, 2.05) is 0 Å². The number of nitrogens with zero attached hydrogens (tertiary/aromatic N) is 1.